The smallest absolute Gasteiger partial charge is 0.0686 e. The number of halogens is 1. The van der Waals surface area contributed by atoms with Crippen LogP contribution >= 0.6 is 23.4 Å². The summed E-state index contributed by atoms with van der Waals surface area (Å²) in [5, 5.41) is 0. The molecule has 0 fully saturated rings. The third-order valence-corrected chi connectivity index (χ3v) is 3.63. The van der Waals surface area contributed by atoms with Gasteiger partial charge in [0.25, 0.3) is 0 Å². The van der Waals surface area contributed by atoms with Gasteiger partial charge >= 0.3 is 0 Å². The van der Waals surface area contributed by atoms with E-state index >= 15 is 0 Å². The number of rotatable bonds is 4. The molecule has 0 aliphatic heterocycles. The maximum atomic E-state index is 5.84. The van der Waals surface area contributed by atoms with E-state index in [9.17, 15) is 0 Å². The first-order valence-corrected chi connectivity index (χ1v) is 6.59. The molecular weight excluding hydrogens is 238 g/mol. The molecule has 0 bridgehead atoms. The van der Waals surface area contributed by atoms with Gasteiger partial charge in [0.2, 0.25) is 0 Å². The maximum absolute atomic E-state index is 5.84. The fraction of sp³-hybridized carbons (Fsp3) is 0.154. The molecule has 0 saturated carbocycles. The lowest BCUT2D eigenvalue weighted by atomic mass is 10.2. The van der Waals surface area contributed by atoms with Gasteiger partial charge in [-0.2, -0.15) is 0 Å². The summed E-state index contributed by atoms with van der Waals surface area (Å²) in [5.41, 5.74) is 2.28. The molecule has 1 aromatic heterocycles. The van der Waals surface area contributed by atoms with Crippen LogP contribution in [0.3, 0.4) is 0 Å². The molecule has 0 amide bonds. The molecule has 0 unspecified atom stereocenters. The minimum absolute atomic E-state index is 0.470. The first kappa shape index (κ1) is 11.5. The second-order valence-electron chi connectivity index (χ2n) is 3.36. The Bertz CT molecular complexity index is 445. The molecule has 1 heterocycles. The topological polar surface area (TPSA) is 12.9 Å². The number of thioether (sulfide) groups is 1. The van der Waals surface area contributed by atoms with Gasteiger partial charge in [-0.25, -0.2) is 0 Å². The van der Waals surface area contributed by atoms with Crippen molar-refractivity contribution in [2.24, 2.45) is 0 Å². The van der Waals surface area contributed by atoms with Gasteiger partial charge in [0.15, 0.2) is 0 Å². The molecule has 0 spiro atoms. The van der Waals surface area contributed by atoms with E-state index in [4.69, 9.17) is 11.6 Å². The SMILES string of the molecule is ClCc1ncccc1SCc1ccccc1. The highest BCUT2D eigenvalue weighted by molar-refractivity contribution is 7.98. The summed E-state index contributed by atoms with van der Waals surface area (Å²) >= 11 is 7.62. The Labute approximate surface area is 105 Å². The molecule has 0 aliphatic carbocycles. The standard InChI is InChI=1S/C13H12ClNS/c14-9-12-13(7-4-8-15-12)16-10-11-5-2-1-3-6-11/h1-8H,9-10H2. The molecule has 2 rings (SSSR count). The van der Waals surface area contributed by atoms with Gasteiger partial charge in [-0.1, -0.05) is 30.3 Å². The summed E-state index contributed by atoms with van der Waals surface area (Å²) in [6.07, 6.45) is 1.78. The lowest BCUT2D eigenvalue weighted by Gasteiger charge is -2.05. The largest absolute Gasteiger partial charge is 0.259 e. The summed E-state index contributed by atoms with van der Waals surface area (Å²) in [4.78, 5) is 5.42. The predicted octanol–water partition coefficient (Wildman–Crippen LogP) is 4.11. The van der Waals surface area contributed by atoms with Crippen molar-refractivity contribution >= 4 is 23.4 Å². The summed E-state index contributed by atoms with van der Waals surface area (Å²) in [6.45, 7) is 0. The van der Waals surface area contributed by atoms with Crippen LogP contribution in [0.25, 0.3) is 0 Å². The van der Waals surface area contributed by atoms with Crippen LogP contribution < -0.4 is 0 Å². The molecule has 0 aliphatic rings. The van der Waals surface area contributed by atoms with Gasteiger partial charge in [-0.15, -0.1) is 23.4 Å². The van der Waals surface area contributed by atoms with E-state index in [1.807, 2.05) is 12.1 Å². The maximum Gasteiger partial charge on any atom is 0.0686 e. The second kappa shape index (κ2) is 5.92. The molecule has 1 nitrogen and oxygen atoms in total. The first-order valence-electron chi connectivity index (χ1n) is 5.06. The predicted molar refractivity (Wildman–Crippen MR) is 69.8 cm³/mol. The highest BCUT2D eigenvalue weighted by atomic mass is 35.5. The van der Waals surface area contributed by atoms with Crippen molar-refractivity contribution in [1.29, 1.82) is 0 Å². The van der Waals surface area contributed by atoms with E-state index in [1.165, 1.54) is 10.5 Å². The number of aromatic nitrogens is 1. The van der Waals surface area contributed by atoms with Crippen molar-refractivity contribution in [1.82, 2.24) is 4.98 Å². The van der Waals surface area contributed by atoms with Gasteiger partial charge in [0.1, 0.15) is 0 Å². The molecule has 3 heteroatoms. The Morgan fingerprint density at radius 2 is 1.88 bits per heavy atom. The molecule has 0 N–H and O–H groups in total. The Morgan fingerprint density at radius 1 is 1.06 bits per heavy atom. The van der Waals surface area contributed by atoms with Crippen molar-refractivity contribution in [2.45, 2.75) is 16.5 Å². The van der Waals surface area contributed by atoms with Crippen LogP contribution in [-0.2, 0) is 11.6 Å². The molecule has 0 atom stereocenters. The van der Waals surface area contributed by atoms with E-state index in [0.717, 1.165) is 11.4 Å². The number of pyridine rings is 1. The van der Waals surface area contributed by atoms with E-state index in [1.54, 1.807) is 18.0 Å². The van der Waals surface area contributed by atoms with Crippen LogP contribution in [0.5, 0.6) is 0 Å². The van der Waals surface area contributed by atoms with Gasteiger partial charge in [0.05, 0.1) is 11.6 Å². The highest BCUT2D eigenvalue weighted by Crippen LogP contribution is 2.25. The monoisotopic (exact) mass is 249 g/mol. The fourth-order valence-electron chi connectivity index (χ4n) is 1.39. The fourth-order valence-corrected chi connectivity index (χ4v) is 2.66. The Balaban J connectivity index is 2.05. The van der Waals surface area contributed by atoms with Crippen LogP contribution in [0.15, 0.2) is 53.6 Å². The molecule has 2 aromatic rings. The number of hydrogen-bond donors (Lipinski definition) is 0. The molecule has 0 saturated heterocycles. The normalized spacial score (nSPS) is 10.3. The van der Waals surface area contributed by atoms with E-state index < -0.39 is 0 Å². The number of hydrogen-bond acceptors (Lipinski definition) is 2. The summed E-state index contributed by atoms with van der Waals surface area (Å²) in [5.74, 6) is 1.42. The van der Waals surface area contributed by atoms with Crippen LogP contribution in [0.2, 0.25) is 0 Å². The Morgan fingerprint density at radius 3 is 2.62 bits per heavy atom. The minimum Gasteiger partial charge on any atom is -0.259 e. The van der Waals surface area contributed by atoms with Gasteiger partial charge in [-0.3, -0.25) is 4.98 Å². The summed E-state index contributed by atoms with van der Waals surface area (Å²) < 4.78 is 0. The zero-order valence-electron chi connectivity index (χ0n) is 8.77. The molecule has 16 heavy (non-hydrogen) atoms. The van der Waals surface area contributed by atoms with Crippen molar-refractivity contribution in [2.75, 3.05) is 0 Å². The number of alkyl halides is 1. The van der Waals surface area contributed by atoms with Gasteiger partial charge in [0, 0.05) is 16.8 Å². The average Bonchev–Trinajstić information content (AvgIpc) is 2.38. The van der Waals surface area contributed by atoms with Crippen LogP contribution in [0.1, 0.15) is 11.3 Å². The van der Waals surface area contributed by atoms with Gasteiger partial charge in [-0.05, 0) is 17.7 Å². The van der Waals surface area contributed by atoms with Crippen LogP contribution in [0.4, 0.5) is 0 Å². The number of nitrogens with zero attached hydrogens (tertiary/aromatic N) is 1. The van der Waals surface area contributed by atoms with Crippen molar-refractivity contribution in [3.05, 3.63) is 59.9 Å². The third-order valence-electron chi connectivity index (χ3n) is 2.21. The van der Waals surface area contributed by atoms with E-state index in [-0.39, 0.29) is 0 Å². The zero-order chi connectivity index (χ0) is 11.2. The van der Waals surface area contributed by atoms with Crippen LogP contribution in [-0.4, -0.2) is 4.98 Å². The molecule has 0 radical (unpaired) electrons. The Kier molecular flexibility index (Phi) is 4.25. The summed E-state index contributed by atoms with van der Waals surface area (Å²) in [6, 6.07) is 14.4. The second-order valence-corrected chi connectivity index (χ2v) is 4.64. The van der Waals surface area contributed by atoms with Crippen molar-refractivity contribution in [3.63, 3.8) is 0 Å². The van der Waals surface area contributed by atoms with Crippen molar-refractivity contribution < 1.29 is 0 Å². The highest BCUT2D eigenvalue weighted by Gasteiger charge is 2.02. The minimum atomic E-state index is 0.470. The van der Waals surface area contributed by atoms with Crippen molar-refractivity contribution in [3.8, 4) is 0 Å². The lowest BCUT2D eigenvalue weighted by molar-refractivity contribution is 1.09. The molecular formula is C13H12ClNS. The van der Waals surface area contributed by atoms with Gasteiger partial charge < -0.3 is 0 Å². The number of benzene rings is 1. The quantitative estimate of drug-likeness (QED) is 0.597. The Hall–Kier alpha value is -0.990. The third kappa shape index (κ3) is 3.00. The zero-order valence-corrected chi connectivity index (χ0v) is 10.3. The van der Waals surface area contributed by atoms with E-state index in [0.29, 0.717) is 5.88 Å². The lowest BCUT2D eigenvalue weighted by Crippen LogP contribution is -1.88. The molecule has 1 aromatic carbocycles. The summed E-state index contributed by atoms with van der Waals surface area (Å²) in [7, 11) is 0. The molecule has 82 valence electrons. The average molecular weight is 250 g/mol. The van der Waals surface area contributed by atoms with E-state index in [2.05, 4.69) is 35.3 Å². The first-order chi connectivity index (χ1) is 7.90. The van der Waals surface area contributed by atoms with Crippen LogP contribution in [0, 0.1) is 0 Å².